The summed E-state index contributed by atoms with van der Waals surface area (Å²) in [7, 11) is -3.50. The van der Waals surface area contributed by atoms with Gasteiger partial charge >= 0.3 is 0 Å². The zero-order valence-corrected chi connectivity index (χ0v) is 16.5. The molecule has 0 aliphatic carbocycles. The number of nitrogens with zero attached hydrogens (tertiary/aromatic N) is 2. The molecule has 1 aromatic heterocycles. The van der Waals surface area contributed by atoms with E-state index in [2.05, 4.69) is 5.32 Å². The fraction of sp³-hybridized carbons (Fsp3) is 0.421. The second-order valence-corrected chi connectivity index (χ2v) is 8.72. The minimum atomic E-state index is -3.50. The normalized spacial score (nSPS) is 16.4. The van der Waals surface area contributed by atoms with E-state index in [-0.39, 0.29) is 12.5 Å². The molecule has 0 unspecified atom stereocenters. The van der Waals surface area contributed by atoms with Gasteiger partial charge in [0.15, 0.2) is 0 Å². The number of sulfonamides is 1. The van der Waals surface area contributed by atoms with E-state index in [0.29, 0.717) is 43.4 Å². The Labute approximate surface area is 160 Å². The van der Waals surface area contributed by atoms with Crippen LogP contribution in [-0.2, 0) is 21.4 Å². The molecular weight excluding hydrogens is 366 g/mol. The maximum atomic E-state index is 12.8. The first-order valence-electron chi connectivity index (χ1n) is 8.95. The van der Waals surface area contributed by atoms with Crippen LogP contribution in [0.4, 0.5) is 0 Å². The average Bonchev–Trinajstić information content (AvgIpc) is 3.16. The molecule has 1 fully saturated rings. The summed E-state index contributed by atoms with van der Waals surface area (Å²) < 4.78 is 32.3. The second kappa shape index (κ2) is 8.24. The summed E-state index contributed by atoms with van der Waals surface area (Å²) in [6.07, 6.45) is 1.57. The van der Waals surface area contributed by atoms with Gasteiger partial charge in [0, 0.05) is 26.2 Å². The number of hydrogen-bond acceptors (Lipinski definition) is 5. The van der Waals surface area contributed by atoms with Crippen LogP contribution in [-0.4, -0.2) is 56.3 Å². The highest BCUT2D eigenvalue weighted by molar-refractivity contribution is 7.89. The molecule has 1 aliphatic heterocycles. The van der Waals surface area contributed by atoms with Crippen molar-refractivity contribution in [3.8, 4) is 0 Å². The zero-order chi connectivity index (χ0) is 19.4. The van der Waals surface area contributed by atoms with Crippen molar-refractivity contribution in [2.45, 2.75) is 25.3 Å². The Kier molecular flexibility index (Phi) is 5.98. The van der Waals surface area contributed by atoms with Crippen molar-refractivity contribution in [3.63, 3.8) is 0 Å². The van der Waals surface area contributed by atoms with Crippen molar-refractivity contribution in [1.82, 2.24) is 14.5 Å². The topological polar surface area (TPSA) is 82.9 Å². The third-order valence-corrected chi connectivity index (χ3v) is 6.75. The highest BCUT2D eigenvalue weighted by Crippen LogP contribution is 2.20. The number of carbonyl (C=O) groups excluding carboxylic acids is 1. The number of hydrogen-bond donors (Lipinski definition) is 1. The van der Waals surface area contributed by atoms with Gasteiger partial charge in [-0.25, -0.2) is 8.42 Å². The average molecular weight is 391 g/mol. The molecule has 27 heavy (non-hydrogen) atoms. The van der Waals surface area contributed by atoms with E-state index in [1.807, 2.05) is 24.8 Å². The fourth-order valence-electron chi connectivity index (χ4n) is 3.01. The van der Waals surface area contributed by atoms with Crippen LogP contribution in [0.2, 0.25) is 0 Å². The third kappa shape index (κ3) is 4.77. The highest BCUT2D eigenvalue weighted by atomic mass is 32.2. The highest BCUT2D eigenvalue weighted by Gasteiger charge is 2.29. The van der Waals surface area contributed by atoms with Crippen LogP contribution in [0.25, 0.3) is 0 Å². The van der Waals surface area contributed by atoms with Crippen molar-refractivity contribution in [1.29, 1.82) is 0 Å². The van der Waals surface area contributed by atoms with Crippen LogP contribution in [0.1, 0.15) is 16.9 Å². The van der Waals surface area contributed by atoms with E-state index in [1.54, 1.807) is 30.5 Å². The largest absolute Gasteiger partial charge is 0.467 e. The van der Waals surface area contributed by atoms with Gasteiger partial charge in [-0.3, -0.25) is 9.69 Å². The van der Waals surface area contributed by atoms with Crippen LogP contribution in [0, 0.1) is 13.8 Å². The maximum absolute atomic E-state index is 12.8. The number of amides is 1. The van der Waals surface area contributed by atoms with Gasteiger partial charge < -0.3 is 9.73 Å². The first kappa shape index (κ1) is 19.6. The molecule has 1 saturated heterocycles. The molecule has 0 bridgehead atoms. The Hall–Kier alpha value is -2.16. The standard InChI is InChI=1S/C19H25N3O4S/c1-15-5-6-18(12-16(15)2)27(24,25)22-9-7-21(8-10-22)14-19(23)20-13-17-4-3-11-26-17/h3-6,11-12H,7-10,13-14H2,1-2H3,(H,20,23). The van der Waals surface area contributed by atoms with Crippen molar-refractivity contribution in [2.75, 3.05) is 32.7 Å². The molecule has 0 radical (unpaired) electrons. The molecule has 146 valence electrons. The Balaban J connectivity index is 1.51. The lowest BCUT2D eigenvalue weighted by Gasteiger charge is -2.33. The summed E-state index contributed by atoms with van der Waals surface area (Å²) in [6.45, 7) is 6.28. The Morgan fingerprint density at radius 2 is 1.85 bits per heavy atom. The molecule has 0 saturated carbocycles. The van der Waals surface area contributed by atoms with Gasteiger partial charge in [-0.05, 0) is 49.2 Å². The van der Waals surface area contributed by atoms with E-state index in [4.69, 9.17) is 4.42 Å². The van der Waals surface area contributed by atoms with Gasteiger partial charge in [-0.1, -0.05) is 6.07 Å². The van der Waals surface area contributed by atoms with E-state index in [1.165, 1.54) is 4.31 Å². The van der Waals surface area contributed by atoms with Crippen LogP contribution in [0.15, 0.2) is 45.9 Å². The predicted octanol–water partition coefficient (Wildman–Crippen LogP) is 1.52. The summed E-state index contributed by atoms with van der Waals surface area (Å²) in [5, 5.41) is 2.80. The summed E-state index contributed by atoms with van der Waals surface area (Å²) in [5.41, 5.74) is 2.03. The number of rotatable bonds is 6. The monoisotopic (exact) mass is 391 g/mol. The summed E-state index contributed by atoms with van der Waals surface area (Å²) in [6, 6.07) is 8.79. The molecule has 3 rings (SSSR count). The SMILES string of the molecule is Cc1ccc(S(=O)(=O)N2CCN(CC(=O)NCc3ccco3)CC2)cc1C. The molecule has 1 amide bonds. The van der Waals surface area contributed by atoms with E-state index in [9.17, 15) is 13.2 Å². The second-order valence-electron chi connectivity index (χ2n) is 6.78. The van der Waals surface area contributed by atoms with Gasteiger partial charge in [0.25, 0.3) is 0 Å². The van der Waals surface area contributed by atoms with Gasteiger partial charge in [0.2, 0.25) is 15.9 Å². The summed E-state index contributed by atoms with van der Waals surface area (Å²) >= 11 is 0. The first-order chi connectivity index (χ1) is 12.9. The van der Waals surface area contributed by atoms with Crippen LogP contribution in [0.5, 0.6) is 0 Å². The van der Waals surface area contributed by atoms with Crippen molar-refractivity contribution >= 4 is 15.9 Å². The smallest absolute Gasteiger partial charge is 0.243 e. The lowest BCUT2D eigenvalue weighted by atomic mass is 10.1. The zero-order valence-electron chi connectivity index (χ0n) is 15.6. The van der Waals surface area contributed by atoms with Crippen molar-refractivity contribution in [3.05, 3.63) is 53.5 Å². The summed E-state index contributed by atoms with van der Waals surface area (Å²) in [5.74, 6) is 0.601. The minimum absolute atomic E-state index is 0.100. The quantitative estimate of drug-likeness (QED) is 0.807. The molecule has 1 aliphatic rings. The third-order valence-electron chi connectivity index (χ3n) is 4.85. The summed E-state index contributed by atoms with van der Waals surface area (Å²) in [4.78, 5) is 14.3. The molecule has 2 aromatic rings. The fourth-order valence-corrected chi connectivity index (χ4v) is 4.52. The first-order valence-corrected chi connectivity index (χ1v) is 10.4. The Morgan fingerprint density at radius 3 is 2.48 bits per heavy atom. The van der Waals surface area contributed by atoms with Crippen molar-refractivity contribution < 1.29 is 17.6 Å². The van der Waals surface area contributed by atoms with Crippen LogP contribution >= 0.6 is 0 Å². The van der Waals surface area contributed by atoms with E-state index >= 15 is 0 Å². The Bertz CT molecular complexity index is 886. The molecule has 0 atom stereocenters. The number of piperazine rings is 1. The Morgan fingerprint density at radius 1 is 1.11 bits per heavy atom. The molecule has 7 nitrogen and oxygen atoms in total. The number of benzene rings is 1. The maximum Gasteiger partial charge on any atom is 0.243 e. The van der Waals surface area contributed by atoms with E-state index < -0.39 is 10.0 Å². The number of furan rings is 1. The molecule has 0 spiro atoms. The lowest BCUT2D eigenvalue weighted by Crippen LogP contribution is -2.50. The van der Waals surface area contributed by atoms with Gasteiger partial charge in [-0.15, -0.1) is 0 Å². The number of nitrogens with one attached hydrogen (secondary N) is 1. The minimum Gasteiger partial charge on any atom is -0.467 e. The van der Waals surface area contributed by atoms with Gasteiger partial charge in [0.1, 0.15) is 5.76 Å². The van der Waals surface area contributed by atoms with Crippen molar-refractivity contribution in [2.24, 2.45) is 0 Å². The number of carbonyl (C=O) groups is 1. The van der Waals surface area contributed by atoms with Gasteiger partial charge in [-0.2, -0.15) is 4.31 Å². The van der Waals surface area contributed by atoms with E-state index in [0.717, 1.165) is 11.1 Å². The lowest BCUT2D eigenvalue weighted by molar-refractivity contribution is -0.122. The van der Waals surface area contributed by atoms with Crippen LogP contribution in [0.3, 0.4) is 0 Å². The van der Waals surface area contributed by atoms with Crippen LogP contribution < -0.4 is 5.32 Å². The number of aryl methyl sites for hydroxylation is 2. The predicted molar refractivity (Wildman–Crippen MR) is 102 cm³/mol. The molecule has 2 heterocycles. The molecule has 8 heteroatoms. The molecule has 1 N–H and O–H groups in total. The molecule has 1 aromatic carbocycles. The molecular formula is C19H25N3O4S. The van der Waals surface area contributed by atoms with Gasteiger partial charge in [0.05, 0.1) is 24.2 Å².